The fraction of sp³-hybridized carbons (Fsp3) is 0.619. The number of nitrogens with zero attached hydrogens (tertiary/aromatic N) is 4. The Hall–Kier alpha value is -2.68. The van der Waals surface area contributed by atoms with Crippen LogP contribution in [0.2, 0.25) is 0 Å². The highest BCUT2D eigenvalue weighted by atomic mass is 16.6. The lowest BCUT2D eigenvalue weighted by atomic mass is 10.0. The van der Waals surface area contributed by atoms with Crippen LogP contribution in [0.1, 0.15) is 63.9 Å². The summed E-state index contributed by atoms with van der Waals surface area (Å²) in [5.74, 6) is 2.46. The second-order valence-electron chi connectivity index (χ2n) is 8.89. The number of rotatable bonds is 0. The number of fused-ring (bicyclic) bond motifs is 7. The number of alkyl carbamates (subject to hydrolysis) is 1. The molecule has 30 heavy (non-hydrogen) atoms. The van der Waals surface area contributed by atoms with Crippen LogP contribution in [0.5, 0.6) is 0 Å². The Morgan fingerprint density at radius 2 is 2.13 bits per heavy atom. The third-order valence-corrected chi connectivity index (χ3v) is 5.37. The summed E-state index contributed by atoms with van der Waals surface area (Å²) in [6.45, 7) is 7.69. The molecule has 1 amide bonds. The number of hydrogen-bond donors (Lipinski definition) is 2. The molecule has 2 atom stereocenters. The first-order valence-corrected chi connectivity index (χ1v) is 10.6. The van der Waals surface area contributed by atoms with Crippen molar-refractivity contribution < 1.29 is 14.3 Å². The fourth-order valence-corrected chi connectivity index (χ4v) is 3.91. The molecule has 0 aromatic carbocycles. The quantitative estimate of drug-likeness (QED) is 0.680. The summed E-state index contributed by atoms with van der Waals surface area (Å²) in [4.78, 5) is 20.9. The molecule has 0 radical (unpaired) electrons. The van der Waals surface area contributed by atoms with E-state index in [1.807, 2.05) is 10.7 Å². The topological polar surface area (TPSA) is 103 Å². The summed E-state index contributed by atoms with van der Waals surface area (Å²) in [6, 6.07) is 3.93. The Morgan fingerprint density at radius 1 is 1.27 bits per heavy atom. The van der Waals surface area contributed by atoms with Gasteiger partial charge in [-0.25, -0.2) is 19.4 Å². The summed E-state index contributed by atoms with van der Waals surface area (Å²) in [6.07, 6.45) is 4.57. The lowest BCUT2D eigenvalue weighted by Gasteiger charge is -2.22. The maximum atomic E-state index is 12.1. The highest BCUT2D eigenvalue weighted by molar-refractivity contribution is 5.67. The van der Waals surface area contributed by atoms with Crippen LogP contribution < -0.4 is 10.6 Å². The molecule has 1 aliphatic heterocycles. The number of nitrogens with one attached hydrogen (secondary N) is 2. The van der Waals surface area contributed by atoms with Crippen LogP contribution in [-0.2, 0) is 21.6 Å². The third kappa shape index (κ3) is 4.89. The van der Waals surface area contributed by atoms with Crippen LogP contribution in [0.25, 0.3) is 0 Å². The smallest absolute Gasteiger partial charge is 0.407 e. The number of anilines is 2. The SMILES string of the molecule is CC(C)(C)n1nc2cc1Nc1ccnc(n1)COCCCNC(=O)O[C@@H]1CC[C@H]2C1. The van der Waals surface area contributed by atoms with E-state index in [-0.39, 0.29) is 23.7 Å². The average molecular weight is 415 g/mol. The van der Waals surface area contributed by atoms with Gasteiger partial charge >= 0.3 is 6.09 Å². The first-order chi connectivity index (χ1) is 14.4. The summed E-state index contributed by atoms with van der Waals surface area (Å²) in [7, 11) is 0. The molecule has 3 heterocycles. The van der Waals surface area contributed by atoms with E-state index in [1.165, 1.54) is 0 Å². The van der Waals surface area contributed by atoms with Crippen LogP contribution in [0.3, 0.4) is 0 Å². The van der Waals surface area contributed by atoms with Crippen molar-refractivity contribution in [2.24, 2.45) is 0 Å². The zero-order valence-corrected chi connectivity index (χ0v) is 17.9. The molecule has 9 nitrogen and oxygen atoms in total. The Labute approximate surface area is 176 Å². The summed E-state index contributed by atoms with van der Waals surface area (Å²) >= 11 is 0. The lowest BCUT2D eigenvalue weighted by Crippen LogP contribution is -2.29. The molecule has 0 spiro atoms. The first kappa shape index (κ1) is 20.6. The van der Waals surface area contributed by atoms with Gasteiger partial charge in [-0.1, -0.05) is 0 Å². The maximum absolute atomic E-state index is 12.1. The molecule has 1 saturated carbocycles. The Balaban J connectivity index is 1.63. The van der Waals surface area contributed by atoms with Crippen LogP contribution in [0, 0.1) is 0 Å². The minimum Gasteiger partial charge on any atom is -0.446 e. The lowest BCUT2D eigenvalue weighted by molar-refractivity contribution is 0.0951. The molecule has 9 heteroatoms. The molecule has 1 fully saturated rings. The number of amides is 1. The van der Waals surface area contributed by atoms with Gasteiger partial charge in [0.1, 0.15) is 24.3 Å². The van der Waals surface area contributed by atoms with Crippen molar-refractivity contribution in [1.29, 1.82) is 0 Å². The van der Waals surface area contributed by atoms with Gasteiger partial charge in [0.25, 0.3) is 0 Å². The van der Waals surface area contributed by atoms with Crippen LogP contribution in [0.15, 0.2) is 18.3 Å². The second-order valence-corrected chi connectivity index (χ2v) is 8.89. The predicted octanol–water partition coefficient (Wildman–Crippen LogP) is 3.45. The predicted molar refractivity (Wildman–Crippen MR) is 112 cm³/mol. The van der Waals surface area contributed by atoms with Crippen molar-refractivity contribution in [2.75, 3.05) is 18.5 Å². The van der Waals surface area contributed by atoms with Gasteiger partial charge in [0.2, 0.25) is 0 Å². The molecule has 2 aromatic heterocycles. The molecule has 162 valence electrons. The molecule has 0 unspecified atom stereocenters. The summed E-state index contributed by atoms with van der Waals surface area (Å²) in [5, 5.41) is 11.1. The zero-order chi connectivity index (χ0) is 21.1. The standard InChI is InChI=1S/C21H30N6O3/c1-21(2,3)27-19-12-16(26-27)14-5-6-15(11-14)30-20(28)23-8-4-10-29-13-18-22-9-7-17(24-18)25-19/h7,9,12,14-15H,4-6,8,10-11,13H2,1-3H3,(H,23,28)(H,22,24,25)/t14-,15+/m0/s1. The van der Waals surface area contributed by atoms with Crippen molar-refractivity contribution in [2.45, 2.75) is 70.6 Å². The molecule has 0 saturated heterocycles. The van der Waals surface area contributed by atoms with E-state index >= 15 is 0 Å². The van der Waals surface area contributed by atoms with Gasteiger partial charge in [0.05, 0.1) is 11.2 Å². The van der Waals surface area contributed by atoms with Crippen LogP contribution in [0.4, 0.5) is 16.4 Å². The molecular weight excluding hydrogens is 384 g/mol. The van der Waals surface area contributed by atoms with E-state index in [9.17, 15) is 4.79 Å². The van der Waals surface area contributed by atoms with Crippen molar-refractivity contribution >= 4 is 17.7 Å². The van der Waals surface area contributed by atoms with E-state index in [2.05, 4.69) is 47.4 Å². The van der Waals surface area contributed by atoms with Gasteiger partial charge in [-0.3, -0.25) is 0 Å². The van der Waals surface area contributed by atoms with Gasteiger partial charge in [-0.15, -0.1) is 0 Å². The largest absolute Gasteiger partial charge is 0.446 e. The highest BCUT2D eigenvalue weighted by Gasteiger charge is 2.32. The van der Waals surface area contributed by atoms with Gasteiger partial charge in [-0.2, -0.15) is 5.10 Å². The van der Waals surface area contributed by atoms with Crippen molar-refractivity contribution in [1.82, 2.24) is 25.1 Å². The Kier molecular flexibility index (Phi) is 5.90. The van der Waals surface area contributed by atoms with Gasteiger partial charge in [0, 0.05) is 31.3 Å². The highest BCUT2D eigenvalue weighted by Crippen LogP contribution is 2.37. The zero-order valence-electron chi connectivity index (χ0n) is 17.9. The fourth-order valence-electron chi connectivity index (χ4n) is 3.91. The number of carbonyl (C=O) groups is 1. The molecule has 2 N–H and O–H groups in total. The van der Waals surface area contributed by atoms with Crippen LogP contribution in [-0.4, -0.2) is 45.1 Å². The van der Waals surface area contributed by atoms with Gasteiger partial charge < -0.3 is 20.1 Å². The molecule has 2 aromatic rings. The van der Waals surface area contributed by atoms with E-state index in [1.54, 1.807) is 6.20 Å². The summed E-state index contributed by atoms with van der Waals surface area (Å²) in [5.41, 5.74) is 0.810. The van der Waals surface area contributed by atoms with Gasteiger partial charge in [0.15, 0.2) is 5.82 Å². The number of ether oxygens (including phenoxy) is 2. The van der Waals surface area contributed by atoms with Crippen LogP contribution >= 0.6 is 0 Å². The third-order valence-electron chi connectivity index (χ3n) is 5.37. The Bertz CT molecular complexity index is 891. The normalized spacial score (nSPS) is 23.0. The van der Waals surface area contributed by atoms with E-state index in [0.29, 0.717) is 37.8 Å². The molecule has 6 bridgehead atoms. The van der Waals surface area contributed by atoms with Crippen molar-refractivity contribution in [3.05, 3.63) is 29.8 Å². The van der Waals surface area contributed by atoms with Crippen molar-refractivity contribution in [3.8, 4) is 0 Å². The number of hydrogen-bond acceptors (Lipinski definition) is 7. The average Bonchev–Trinajstić information content (AvgIpc) is 3.31. The minimum atomic E-state index is -0.361. The molecule has 4 rings (SSSR count). The molecule has 2 aliphatic rings. The summed E-state index contributed by atoms with van der Waals surface area (Å²) < 4.78 is 13.2. The monoisotopic (exact) mass is 414 g/mol. The Morgan fingerprint density at radius 3 is 2.97 bits per heavy atom. The van der Waals surface area contributed by atoms with Gasteiger partial charge in [-0.05, 0) is 52.5 Å². The molecule has 1 aliphatic carbocycles. The van der Waals surface area contributed by atoms with Crippen molar-refractivity contribution in [3.63, 3.8) is 0 Å². The maximum Gasteiger partial charge on any atom is 0.407 e. The van der Waals surface area contributed by atoms with E-state index < -0.39 is 0 Å². The van der Waals surface area contributed by atoms with E-state index in [0.717, 1.165) is 30.8 Å². The first-order valence-electron chi connectivity index (χ1n) is 10.6. The minimum absolute atomic E-state index is 0.0780. The number of carbonyl (C=O) groups excluding carboxylic acids is 1. The second kappa shape index (κ2) is 8.59. The number of aromatic nitrogens is 4. The van der Waals surface area contributed by atoms with E-state index in [4.69, 9.17) is 14.6 Å². The molecular formula is C21H30N6O3.